The highest BCUT2D eigenvalue weighted by atomic mass is 32.1. The maximum Gasteiger partial charge on any atom is 0.174 e. The molecule has 0 unspecified atom stereocenters. The molecule has 5 heteroatoms. The molecule has 35 heavy (non-hydrogen) atoms. The Hall–Kier alpha value is -3.44. The van der Waals surface area contributed by atoms with Crippen molar-refractivity contribution in [2.75, 3.05) is 4.90 Å². The maximum atomic E-state index is 5.93. The van der Waals surface area contributed by atoms with Gasteiger partial charge in [0.1, 0.15) is 0 Å². The molecule has 0 spiro atoms. The van der Waals surface area contributed by atoms with E-state index in [2.05, 4.69) is 110 Å². The lowest BCUT2D eigenvalue weighted by atomic mass is 9.96. The van der Waals surface area contributed by atoms with Crippen LogP contribution in [0.5, 0.6) is 0 Å². The number of nitrogens with zero attached hydrogens (tertiary/aromatic N) is 3. The van der Waals surface area contributed by atoms with E-state index >= 15 is 0 Å². The van der Waals surface area contributed by atoms with Gasteiger partial charge in [-0.1, -0.05) is 49.7 Å². The molecular weight excluding hydrogens is 448 g/mol. The van der Waals surface area contributed by atoms with Crippen molar-refractivity contribution in [3.05, 3.63) is 113 Å². The van der Waals surface area contributed by atoms with Gasteiger partial charge in [-0.05, 0) is 92.5 Å². The maximum absolute atomic E-state index is 5.93. The largest absolute Gasteiger partial charge is 0.351 e. The average molecular weight is 481 g/mol. The van der Waals surface area contributed by atoms with Crippen LogP contribution in [-0.4, -0.2) is 14.7 Å². The van der Waals surface area contributed by atoms with E-state index in [1.54, 1.807) is 0 Å². The fraction of sp³-hybridized carbons (Fsp3) is 0.267. The van der Waals surface area contributed by atoms with E-state index in [9.17, 15) is 0 Å². The number of pyridine rings is 1. The van der Waals surface area contributed by atoms with Crippen molar-refractivity contribution in [1.82, 2.24) is 14.9 Å². The van der Waals surface area contributed by atoms with Crippen LogP contribution in [0, 0.1) is 20.8 Å². The Kier molecular flexibility index (Phi) is 6.20. The molecule has 5 rings (SSSR count). The molecule has 2 atom stereocenters. The summed E-state index contributed by atoms with van der Waals surface area (Å²) in [6.07, 6.45) is 1.85. The predicted octanol–water partition coefficient (Wildman–Crippen LogP) is 7.10. The van der Waals surface area contributed by atoms with Crippen molar-refractivity contribution < 1.29 is 0 Å². The van der Waals surface area contributed by atoms with Crippen LogP contribution in [0.2, 0.25) is 0 Å². The first-order valence-electron chi connectivity index (χ1n) is 12.2. The number of nitrogens with one attached hydrogen (secondary N) is 1. The highest BCUT2D eigenvalue weighted by Gasteiger charge is 2.42. The summed E-state index contributed by atoms with van der Waals surface area (Å²) in [5.74, 6) is 0.484. The number of aryl methyl sites for hydroxylation is 2. The van der Waals surface area contributed by atoms with E-state index in [1.807, 2.05) is 18.3 Å². The number of hydrogen-bond acceptors (Lipinski definition) is 2. The van der Waals surface area contributed by atoms with Crippen LogP contribution in [0.3, 0.4) is 0 Å². The van der Waals surface area contributed by atoms with Gasteiger partial charge in [0.25, 0.3) is 0 Å². The van der Waals surface area contributed by atoms with Crippen molar-refractivity contribution >= 4 is 23.0 Å². The van der Waals surface area contributed by atoms with Gasteiger partial charge in [0.2, 0.25) is 0 Å². The lowest BCUT2D eigenvalue weighted by molar-refractivity contribution is 0.565. The molecule has 1 N–H and O–H groups in total. The average Bonchev–Trinajstić information content (AvgIpc) is 3.35. The highest BCUT2D eigenvalue weighted by molar-refractivity contribution is 7.80. The third-order valence-electron chi connectivity index (χ3n) is 7.02. The summed E-state index contributed by atoms with van der Waals surface area (Å²) >= 11 is 5.93. The minimum absolute atomic E-state index is 0.0206. The van der Waals surface area contributed by atoms with Crippen molar-refractivity contribution in [1.29, 1.82) is 0 Å². The number of benzene rings is 2. The van der Waals surface area contributed by atoms with Crippen molar-refractivity contribution in [2.45, 2.75) is 52.6 Å². The van der Waals surface area contributed by atoms with Crippen LogP contribution in [-0.2, 0) is 0 Å². The Bertz CT molecular complexity index is 1340. The SMILES string of the molecule is Cc1ccc(-n2c(C)cc([C@H]3[C@H](c4ccccn4)NC(=S)N3c3ccc(C(C)C)cc3)c2C)cc1. The van der Waals surface area contributed by atoms with Crippen molar-refractivity contribution in [2.24, 2.45) is 0 Å². The number of aromatic nitrogens is 2. The van der Waals surface area contributed by atoms with Gasteiger partial charge in [0, 0.05) is 29.0 Å². The van der Waals surface area contributed by atoms with Crippen molar-refractivity contribution in [3.8, 4) is 5.69 Å². The molecule has 0 saturated carbocycles. The second-order valence-corrected chi connectivity index (χ2v) is 10.1. The zero-order chi connectivity index (χ0) is 24.7. The zero-order valence-electron chi connectivity index (χ0n) is 21.0. The minimum atomic E-state index is -0.0551. The van der Waals surface area contributed by atoms with Crippen LogP contribution >= 0.6 is 12.2 Å². The molecule has 4 nitrogen and oxygen atoms in total. The molecule has 0 amide bonds. The van der Waals surface area contributed by atoms with Gasteiger partial charge in [-0.15, -0.1) is 0 Å². The van der Waals surface area contributed by atoms with Crippen LogP contribution < -0.4 is 10.2 Å². The number of anilines is 1. The topological polar surface area (TPSA) is 33.1 Å². The van der Waals surface area contributed by atoms with Gasteiger partial charge in [-0.25, -0.2) is 0 Å². The quantitative estimate of drug-likeness (QED) is 0.309. The summed E-state index contributed by atoms with van der Waals surface area (Å²) in [5.41, 5.74) is 9.50. The molecule has 1 saturated heterocycles. The highest BCUT2D eigenvalue weighted by Crippen LogP contribution is 2.43. The number of thiocarbonyl (C=S) groups is 1. The molecule has 2 aromatic carbocycles. The Labute approximate surface area is 213 Å². The first-order valence-corrected chi connectivity index (χ1v) is 12.6. The summed E-state index contributed by atoms with van der Waals surface area (Å²) in [7, 11) is 0. The Morgan fingerprint density at radius 2 is 1.57 bits per heavy atom. The third kappa shape index (κ3) is 4.25. The van der Waals surface area contributed by atoms with E-state index in [1.165, 1.54) is 33.8 Å². The Balaban J connectivity index is 1.65. The molecule has 3 heterocycles. The van der Waals surface area contributed by atoms with E-state index < -0.39 is 0 Å². The first kappa shape index (κ1) is 23.3. The second-order valence-electron chi connectivity index (χ2n) is 9.74. The fourth-order valence-corrected chi connectivity index (χ4v) is 5.49. The number of rotatable bonds is 5. The fourth-order valence-electron chi connectivity index (χ4n) is 5.15. The summed E-state index contributed by atoms with van der Waals surface area (Å²) in [6, 6.07) is 25.8. The molecule has 4 aromatic rings. The van der Waals surface area contributed by atoms with Crippen LogP contribution in [0.1, 0.15) is 65.6 Å². The molecule has 1 fully saturated rings. The summed E-state index contributed by atoms with van der Waals surface area (Å²) in [4.78, 5) is 6.97. The van der Waals surface area contributed by atoms with Gasteiger partial charge >= 0.3 is 0 Å². The Morgan fingerprint density at radius 3 is 2.20 bits per heavy atom. The standard InChI is InChI=1S/C30H32N4S/c1-19(2)23-11-15-25(16-12-23)34-29(28(32-30(34)35)27-8-6-7-17-31-27)26-18-21(4)33(22(26)5)24-13-9-20(3)10-14-24/h6-19,28-29H,1-5H3,(H,32,35)/t28-,29-/m0/s1. The second kappa shape index (κ2) is 9.31. The molecule has 0 radical (unpaired) electrons. The van der Waals surface area contributed by atoms with E-state index in [-0.39, 0.29) is 12.1 Å². The molecular formula is C30H32N4S. The van der Waals surface area contributed by atoms with Crippen LogP contribution in [0.25, 0.3) is 5.69 Å². The van der Waals surface area contributed by atoms with E-state index in [0.29, 0.717) is 5.92 Å². The van der Waals surface area contributed by atoms with Gasteiger partial charge in [0.15, 0.2) is 5.11 Å². The molecule has 0 bridgehead atoms. The van der Waals surface area contributed by atoms with E-state index in [4.69, 9.17) is 17.2 Å². The normalized spacial score (nSPS) is 17.8. The lowest BCUT2D eigenvalue weighted by Gasteiger charge is -2.28. The van der Waals surface area contributed by atoms with Gasteiger partial charge in [0.05, 0.1) is 17.8 Å². The van der Waals surface area contributed by atoms with Crippen LogP contribution in [0.4, 0.5) is 5.69 Å². The summed E-state index contributed by atoms with van der Waals surface area (Å²) < 4.78 is 2.34. The zero-order valence-corrected chi connectivity index (χ0v) is 21.8. The molecule has 1 aliphatic rings. The minimum Gasteiger partial charge on any atom is -0.351 e. The van der Waals surface area contributed by atoms with Gasteiger partial charge in [-0.2, -0.15) is 0 Å². The number of hydrogen-bond donors (Lipinski definition) is 1. The van der Waals surface area contributed by atoms with E-state index in [0.717, 1.165) is 16.5 Å². The van der Waals surface area contributed by atoms with Gasteiger partial charge in [-0.3, -0.25) is 4.98 Å². The third-order valence-corrected chi connectivity index (χ3v) is 7.33. The first-order chi connectivity index (χ1) is 16.8. The molecule has 178 valence electrons. The Morgan fingerprint density at radius 1 is 0.886 bits per heavy atom. The molecule has 2 aromatic heterocycles. The smallest absolute Gasteiger partial charge is 0.174 e. The van der Waals surface area contributed by atoms with Gasteiger partial charge < -0.3 is 14.8 Å². The summed E-state index contributed by atoms with van der Waals surface area (Å²) in [5, 5.41) is 4.32. The van der Waals surface area contributed by atoms with Crippen molar-refractivity contribution in [3.63, 3.8) is 0 Å². The van der Waals surface area contributed by atoms with Crippen LogP contribution in [0.15, 0.2) is 79.0 Å². The summed E-state index contributed by atoms with van der Waals surface area (Å²) in [6.45, 7) is 10.9. The molecule has 1 aliphatic heterocycles. The monoisotopic (exact) mass is 480 g/mol. The predicted molar refractivity (Wildman–Crippen MR) is 148 cm³/mol. The molecule has 0 aliphatic carbocycles. The lowest BCUT2D eigenvalue weighted by Crippen LogP contribution is -2.29.